The first-order valence-electron chi connectivity index (χ1n) is 4.95. The average Bonchev–Trinajstić information content (AvgIpc) is 2.49. The molecule has 0 spiro atoms. The molecule has 0 aromatic carbocycles. The van der Waals surface area contributed by atoms with E-state index in [1.165, 1.54) is 27.8 Å². The molecule has 1 rings (SSSR count). The molecule has 1 heterocycles. The average molecular weight is 230 g/mol. The highest BCUT2D eigenvalue weighted by Crippen LogP contribution is 2.22. The van der Waals surface area contributed by atoms with Crippen LogP contribution in [0.25, 0.3) is 0 Å². The van der Waals surface area contributed by atoms with Crippen LogP contribution in [0.3, 0.4) is 0 Å². The van der Waals surface area contributed by atoms with Gasteiger partial charge in [-0.3, -0.25) is 0 Å². The highest BCUT2D eigenvalue weighted by molar-refractivity contribution is 7.98. The molecule has 0 atom stereocenters. The lowest BCUT2D eigenvalue weighted by molar-refractivity contribution is 0.822. The Morgan fingerprint density at radius 3 is 2.93 bits per heavy atom. The maximum atomic E-state index is 4.56. The van der Waals surface area contributed by atoms with E-state index >= 15 is 0 Å². The third-order valence-corrected chi connectivity index (χ3v) is 4.36. The number of rotatable bonds is 6. The van der Waals surface area contributed by atoms with Crippen molar-refractivity contribution in [2.45, 2.75) is 32.6 Å². The third kappa shape index (κ3) is 3.59. The first kappa shape index (κ1) is 12.0. The molecule has 4 heteroatoms. The monoisotopic (exact) mass is 230 g/mol. The number of aryl methyl sites for hydroxylation is 1. The summed E-state index contributed by atoms with van der Waals surface area (Å²) in [4.78, 5) is 5.93. The first-order chi connectivity index (χ1) is 6.77. The molecule has 0 aliphatic heterocycles. The normalized spacial score (nSPS) is 10.8. The summed E-state index contributed by atoms with van der Waals surface area (Å²) in [7, 11) is 1.98. The molecule has 1 aromatic heterocycles. The number of hydrogen-bond donors (Lipinski definition) is 1. The molecule has 14 heavy (non-hydrogen) atoms. The van der Waals surface area contributed by atoms with Crippen LogP contribution in [0.4, 0.5) is 0 Å². The van der Waals surface area contributed by atoms with Gasteiger partial charge in [0.2, 0.25) is 0 Å². The van der Waals surface area contributed by atoms with Crippen molar-refractivity contribution >= 4 is 23.1 Å². The SMILES string of the molecule is CCCSCc1nc(C)c(CNC)s1. The highest BCUT2D eigenvalue weighted by atomic mass is 32.2. The Hall–Kier alpha value is -0.0600. The number of thiazole rings is 1. The summed E-state index contributed by atoms with van der Waals surface area (Å²) < 4.78 is 0. The van der Waals surface area contributed by atoms with E-state index in [0.29, 0.717) is 0 Å². The van der Waals surface area contributed by atoms with Crippen LogP contribution >= 0.6 is 23.1 Å². The van der Waals surface area contributed by atoms with Gasteiger partial charge in [-0.15, -0.1) is 11.3 Å². The van der Waals surface area contributed by atoms with Gasteiger partial charge in [-0.2, -0.15) is 11.8 Å². The van der Waals surface area contributed by atoms with Crippen molar-refractivity contribution in [2.24, 2.45) is 0 Å². The van der Waals surface area contributed by atoms with Crippen LogP contribution in [0.5, 0.6) is 0 Å². The topological polar surface area (TPSA) is 24.9 Å². The lowest BCUT2D eigenvalue weighted by Crippen LogP contribution is -2.04. The molecular weight excluding hydrogens is 212 g/mol. The van der Waals surface area contributed by atoms with E-state index in [4.69, 9.17) is 0 Å². The van der Waals surface area contributed by atoms with E-state index in [2.05, 4.69) is 24.1 Å². The van der Waals surface area contributed by atoms with Crippen molar-refractivity contribution in [1.82, 2.24) is 10.3 Å². The fourth-order valence-electron chi connectivity index (χ4n) is 1.18. The van der Waals surface area contributed by atoms with Crippen molar-refractivity contribution in [1.29, 1.82) is 0 Å². The smallest absolute Gasteiger partial charge is 0.103 e. The molecule has 2 nitrogen and oxygen atoms in total. The zero-order chi connectivity index (χ0) is 10.4. The predicted octanol–water partition coefficient (Wildman–Crippen LogP) is 2.81. The fourth-order valence-corrected chi connectivity index (χ4v) is 3.21. The Labute approximate surface area is 94.5 Å². The van der Waals surface area contributed by atoms with Gasteiger partial charge in [-0.25, -0.2) is 4.98 Å². The maximum Gasteiger partial charge on any atom is 0.103 e. The molecule has 0 bridgehead atoms. The van der Waals surface area contributed by atoms with Gasteiger partial charge in [0.1, 0.15) is 5.01 Å². The highest BCUT2D eigenvalue weighted by Gasteiger charge is 2.05. The molecule has 80 valence electrons. The van der Waals surface area contributed by atoms with E-state index in [0.717, 1.165) is 12.3 Å². The third-order valence-electron chi connectivity index (χ3n) is 1.85. The van der Waals surface area contributed by atoms with Crippen molar-refractivity contribution in [3.05, 3.63) is 15.6 Å². The Morgan fingerprint density at radius 2 is 2.29 bits per heavy atom. The molecule has 0 fully saturated rings. The minimum absolute atomic E-state index is 0.946. The molecule has 0 unspecified atom stereocenters. The zero-order valence-corrected chi connectivity index (χ0v) is 10.7. The van der Waals surface area contributed by atoms with Crippen molar-refractivity contribution in [3.8, 4) is 0 Å². The van der Waals surface area contributed by atoms with E-state index in [1.807, 2.05) is 30.1 Å². The van der Waals surface area contributed by atoms with Gasteiger partial charge in [0.25, 0.3) is 0 Å². The summed E-state index contributed by atoms with van der Waals surface area (Å²) in [6.45, 7) is 5.26. The van der Waals surface area contributed by atoms with Crippen molar-refractivity contribution < 1.29 is 0 Å². The number of hydrogen-bond acceptors (Lipinski definition) is 4. The van der Waals surface area contributed by atoms with Gasteiger partial charge in [-0.05, 0) is 26.1 Å². The van der Waals surface area contributed by atoms with Crippen LogP contribution < -0.4 is 5.32 Å². The van der Waals surface area contributed by atoms with Crippen molar-refractivity contribution in [2.75, 3.05) is 12.8 Å². The summed E-state index contributed by atoms with van der Waals surface area (Å²) in [6, 6.07) is 0. The number of aromatic nitrogens is 1. The first-order valence-corrected chi connectivity index (χ1v) is 6.92. The molecule has 0 saturated heterocycles. The Morgan fingerprint density at radius 1 is 1.50 bits per heavy atom. The van der Waals surface area contributed by atoms with Crippen molar-refractivity contribution in [3.63, 3.8) is 0 Å². The Bertz CT molecular complexity index is 271. The fraction of sp³-hybridized carbons (Fsp3) is 0.700. The second-order valence-corrected chi connectivity index (χ2v) is 5.47. The van der Waals surface area contributed by atoms with Gasteiger partial charge in [0.15, 0.2) is 0 Å². The minimum atomic E-state index is 0.946. The quantitative estimate of drug-likeness (QED) is 0.761. The molecule has 0 saturated carbocycles. The van der Waals surface area contributed by atoms with E-state index in [-0.39, 0.29) is 0 Å². The molecule has 1 N–H and O–H groups in total. The van der Waals surface area contributed by atoms with Crippen LogP contribution in [0.15, 0.2) is 0 Å². The van der Waals surface area contributed by atoms with Crippen LogP contribution in [0.1, 0.15) is 28.9 Å². The van der Waals surface area contributed by atoms with E-state index < -0.39 is 0 Å². The lowest BCUT2D eigenvalue weighted by atomic mass is 10.4. The van der Waals surface area contributed by atoms with E-state index in [9.17, 15) is 0 Å². The maximum absolute atomic E-state index is 4.56. The van der Waals surface area contributed by atoms with E-state index in [1.54, 1.807) is 0 Å². The molecular formula is C10H18N2S2. The Balaban J connectivity index is 2.48. The molecule has 1 aromatic rings. The van der Waals surface area contributed by atoms with Crippen LogP contribution in [-0.4, -0.2) is 17.8 Å². The van der Waals surface area contributed by atoms with Gasteiger partial charge >= 0.3 is 0 Å². The molecule has 0 radical (unpaired) electrons. The zero-order valence-electron chi connectivity index (χ0n) is 9.09. The summed E-state index contributed by atoms with van der Waals surface area (Å²) in [5, 5.41) is 4.44. The van der Waals surface area contributed by atoms with Gasteiger partial charge in [0.05, 0.1) is 5.69 Å². The largest absolute Gasteiger partial charge is 0.315 e. The molecule has 0 aliphatic rings. The van der Waals surface area contributed by atoms with Gasteiger partial charge in [-0.1, -0.05) is 6.92 Å². The molecule has 0 amide bonds. The summed E-state index contributed by atoms with van der Waals surface area (Å²) >= 11 is 3.81. The predicted molar refractivity (Wildman–Crippen MR) is 66.1 cm³/mol. The number of nitrogens with zero attached hydrogens (tertiary/aromatic N) is 1. The molecule has 0 aliphatic carbocycles. The minimum Gasteiger partial charge on any atom is -0.315 e. The van der Waals surface area contributed by atoms with Crippen LogP contribution in [0, 0.1) is 6.92 Å². The standard InChI is InChI=1S/C10H18N2S2/c1-4-5-13-7-10-12-8(2)9(14-10)6-11-3/h11H,4-7H2,1-3H3. The Kier molecular flexibility index (Phi) is 5.52. The summed E-state index contributed by atoms with van der Waals surface area (Å²) in [5.41, 5.74) is 1.19. The second-order valence-electron chi connectivity index (χ2n) is 3.20. The lowest BCUT2D eigenvalue weighted by Gasteiger charge is -1.94. The van der Waals surface area contributed by atoms with Gasteiger partial charge < -0.3 is 5.32 Å². The number of nitrogens with one attached hydrogen (secondary N) is 1. The van der Waals surface area contributed by atoms with Crippen LogP contribution in [-0.2, 0) is 12.3 Å². The second kappa shape index (κ2) is 6.43. The number of thioether (sulfide) groups is 1. The van der Waals surface area contributed by atoms with Crippen LogP contribution in [0.2, 0.25) is 0 Å². The summed E-state index contributed by atoms with van der Waals surface area (Å²) in [6.07, 6.45) is 1.25. The summed E-state index contributed by atoms with van der Waals surface area (Å²) in [5.74, 6) is 2.31. The van der Waals surface area contributed by atoms with Gasteiger partial charge in [0, 0.05) is 17.2 Å².